The van der Waals surface area contributed by atoms with Crippen molar-refractivity contribution in [3.8, 4) is 11.5 Å². The molecule has 6 heteroatoms. The van der Waals surface area contributed by atoms with Gasteiger partial charge in [0.1, 0.15) is 11.5 Å². The van der Waals surface area contributed by atoms with E-state index in [0.29, 0.717) is 23.6 Å². The number of ketones is 1. The van der Waals surface area contributed by atoms with Crippen molar-refractivity contribution in [3.63, 3.8) is 0 Å². The van der Waals surface area contributed by atoms with Crippen molar-refractivity contribution < 1.29 is 14.5 Å². The summed E-state index contributed by atoms with van der Waals surface area (Å²) in [5, 5.41) is 10.6. The molecule has 0 bridgehead atoms. The lowest BCUT2D eigenvalue weighted by Crippen LogP contribution is -2.29. The third-order valence-corrected chi connectivity index (χ3v) is 3.72. The van der Waals surface area contributed by atoms with Crippen LogP contribution in [0.2, 0.25) is 0 Å². The molecular weight excluding hydrogens is 308 g/mol. The number of ether oxygens (including phenoxy) is 1. The van der Waals surface area contributed by atoms with E-state index in [9.17, 15) is 14.9 Å². The number of carbonyl (C=O) groups excluding carboxylic acids is 1. The normalized spacial score (nSPS) is 10.6. The third kappa shape index (κ3) is 4.63. The Hall–Kier alpha value is -2.73. The van der Waals surface area contributed by atoms with E-state index >= 15 is 0 Å². The lowest BCUT2D eigenvalue weighted by atomic mass is 10.1. The van der Waals surface area contributed by atoms with Gasteiger partial charge in [0, 0.05) is 17.7 Å². The number of nitro benzene ring substituents is 1. The fourth-order valence-electron chi connectivity index (χ4n) is 2.22. The summed E-state index contributed by atoms with van der Waals surface area (Å²) >= 11 is 0. The number of rotatable bonds is 8. The van der Waals surface area contributed by atoms with Crippen LogP contribution in [-0.2, 0) is 0 Å². The first-order chi connectivity index (χ1) is 11.5. The lowest BCUT2D eigenvalue weighted by molar-refractivity contribution is -0.384. The monoisotopic (exact) mass is 328 g/mol. The van der Waals surface area contributed by atoms with Crippen LogP contribution >= 0.6 is 0 Å². The molecule has 0 saturated heterocycles. The van der Waals surface area contributed by atoms with E-state index in [0.717, 1.165) is 13.1 Å². The molecule has 0 fully saturated rings. The van der Waals surface area contributed by atoms with E-state index < -0.39 is 4.92 Å². The quantitative estimate of drug-likeness (QED) is 0.417. The number of non-ortho nitro benzene ring substituents is 1. The van der Waals surface area contributed by atoms with Crippen LogP contribution in [0.5, 0.6) is 11.5 Å². The zero-order valence-electron chi connectivity index (χ0n) is 13.8. The van der Waals surface area contributed by atoms with Gasteiger partial charge in [0.25, 0.3) is 5.69 Å². The highest BCUT2D eigenvalue weighted by atomic mass is 16.6. The van der Waals surface area contributed by atoms with E-state index in [1.165, 1.54) is 24.3 Å². The van der Waals surface area contributed by atoms with E-state index in [4.69, 9.17) is 4.74 Å². The average molecular weight is 328 g/mol. The first kappa shape index (κ1) is 17.6. The van der Waals surface area contributed by atoms with E-state index in [1.54, 1.807) is 24.3 Å². The molecule has 2 aromatic rings. The number of nitrogens with zero attached hydrogens (tertiary/aromatic N) is 2. The van der Waals surface area contributed by atoms with Gasteiger partial charge < -0.3 is 4.74 Å². The largest absolute Gasteiger partial charge is 0.457 e. The van der Waals surface area contributed by atoms with Crippen molar-refractivity contribution in [1.82, 2.24) is 4.90 Å². The first-order valence-electron chi connectivity index (χ1n) is 7.81. The van der Waals surface area contributed by atoms with Gasteiger partial charge in [-0.2, -0.15) is 0 Å². The number of nitro groups is 1. The first-order valence-corrected chi connectivity index (χ1v) is 7.81. The fourth-order valence-corrected chi connectivity index (χ4v) is 2.22. The highest BCUT2D eigenvalue weighted by Gasteiger charge is 2.10. The van der Waals surface area contributed by atoms with Gasteiger partial charge in [0.2, 0.25) is 0 Å². The molecule has 0 aliphatic rings. The minimum atomic E-state index is -0.458. The Labute approximate surface area is 140 Å². The molecular formula is C18H20N2O4. The third-order valence-electron chi connectivity index (χ3n) is 3.72. The molecule has 0 unspecified atom stereocenters. The van der Waals surface area contributed by atoms with Crippen molar-refractivity contribution in [2.45, 2.75) is 13.8 Å². The smallest absolute Gasteiger partial charge is 0.269 e. The van der Waals surface area contributed by atoms with Crippen LogP contribution in [0.3, 0.4) is 0 Å². The molecule has 0 aromatic heterocycles. The highest BCUT2D eigenvalue weighted by Crippen LogP contribution is 2.24. The second kappa shape index (κ2) is 8.21. The molecule has 0 atom stereocenters. The van der Waals surface area contributed by atoms with Crippen LogP contribution in [0, 0.1) is 10.1 Å². The van der Waals surface area contributed by atoms with Gasteiger partial charge in [0.05, 0.1) is 11.5 Å². The Kier molecular flexibility index (Phi) is 6.03. The van der Waals surface area contributed by atoms with Gasteiger partial charge in [-0.25, -0.2) is 0 Å². The minimum absolute atomic E-state index is 0.0136. The van der Waals surface area contributed by atoms with Gasteiger partial charge >= 0.3 is 0 Å². The van der Waals surface area contributed by atoms with E-state index in [1.807, 2.05) is 13.8 Å². The molecule has 0 heterocycles. The number of benzene rings is 2. The molecule has 0 spiro atoms. The molecule has 6 nitrogen and oxygen atoms in total. The van der Waals surface area contributed by atoms with Gasteiger partial charge in [-0.1, -0.05) is 13.8 Å². The predicted octanol–water partition coefficient (Wildman–Crippen LogP) is 3.91. The number of Topliss-reactive ketones (excluding diaryl/α,β-unsaturated/α-hetero) is 1. The van der Waals surface area contributed by atoms with Crippen molar-refractivity contribution in [3.05, 3.63) is 64.2 Å². The van der Waals surface area contributed by atoms with Crippen molar-refractivity contribution in [2.24, 2.45) is 0 Å². The molecule has 0 aliphatic carbocycles. The molecule has 2 aromatic carbocycles. The number of carbonyl (C=O) groups is 1. The average Bonchev–Trinajstić information content (AvgIpc) is 2.60. The van der Waals surface area contributed by atoms with Crippen LogP contribution < -0.4 is 4.74 Å². The molecule has 126 valence electrons. The Bertz CT molecular complexity index is 692. The molecule has 0 amide bonds. The lowest BCUT2D eigenvalue weighted by Gasteiger charge is -2.16. The van der Waals surface area contributed by atoms with E-state index in [2.05, 4.69) is 4.90 Å². The number of likely N-dealkylation sites (N-methyl/N-ethyl adjacent to an activating group) is 1. The topological polar surface area (TPSA) is 72.7 Å². The van der Waals surface area contributed by atoms with Crippen LogP contribution in [0.1, 0.15) is 24.2 Å². The number of hydrogen-bond donors (Lipinski definition) is 0. The van der Waals surface area contributed by atoms with Gasteiger partial charge in [-0.3, -0.25) is 19.8 Å². The maximum atomic E-state index is 12.2. The summed E-state index contributed by atoms with van der Waals surface area (Å²) < 4.78 is 5.63. The Morgan fingerprint density at radius 1 is 1.00 bits per heavy atom. The van der Waals surface area contributed by atoms with Crippen LogP contribution in [0.15, 0.2) is 48.5 Å². The standard InChI is InChI=1S/C18H20N2O4/c1-3-19(4-2)13-18(21)14-5-9-16(10-6-14)24-17-11-7-15(8-12-17)20(22)23/h5-12H,3-4,13H2,1-2H3. The summed E-state index contributed by atoms with van der Waals surface area (Å²) in [7, 11) is 0. The SMILES string of the molecule is CCN(CC)CC(=O)c1ccc(Oc2ccc([N+](=O)[O-])cc2)cc1. The van der Waals surface area contributed by atoms with Crippen molar-refractivity contribution in [2.75, 3.05) is 19.6 Å². The summed E-state index contributed by atoms with van der Waals surface area (Å²) in [6.07, 6.45) is 0. The van der Waals surface area contributed by atoms with Crippen molar-refractivity contribution >= 4 is 11.5 Å². The molecule has 0 radical (unpaired) electrons. The van der Waals surface area contributed by atoms with Gasteiger partial charge in [-0.15, -0.1) is 0 Å². The summed E-state index contributed by atoms with van der Waals surface area (Å²) in [5.74, 6) is 1.15. The Balaban J connectivity index is 2.01. The second-order valence-corrected chi connectivity index (χ2v) is 5.26. The second-order valence-electron chi connectivity index (χ2n) is 5.26. The Morgan fingerprint density at radius 3 is 1.96 bits per heavy atom. The van der Waals surface area contributed by atoms with Crippen molar-refractivity contribution in [1.29, 1.82) is 0 Å². The molecule has 0 saturated carbocycles. The highest BCUT2D eigenvalue weighted by molar-refractivity contribution is 5.97. The maximum Gasteiger partial charge on any atom is 0.269 e. The molecule has 0 N–H and O–H groups in total. The molecule has 0 aliphatic heterocycles. The fraction of sp³-hybridized carbons (Fsp3) is 0.278. The van der Waals surface area contributed by atoms with Crippen LogP contribution in [0.25, 0.3) is 0 Å². The van der Waals surface area contributed by atoms with Gasteiger partial charge in [0.15, 0.2) is 5.78 Å². The predicted molar refractivity (Wildman–Crippen MR) is 91.7 cm³/mol. The summed E-state index contributed by atoms with van der Waals surface area (Å²) in [5.41, 5.74) is 0.651. The van der Waals surface area contributed by atoms with Crippen LogP contribution in [-0.4, -0.2) is 35.2 Å². The Morgan fingerprint density at radius 2 is 1.50 bits per heavy atom. The number of hydrogen-bond acceptors (Lipinski definition) is 5. The molecule has 24 heavy (non-hydrogen) atoms. The maximum absolute atomic E-state index is 12.2. The van der Waals surface area contributed by atoms with E-state index in [-0.39, 0.29) is 11.5 Å². The zero-order chi connectivity index (χ0) is 17.5. The van der Waals surface area contributed by atoms with Gasteiger partial charge in [-0.05, 0) is 49.5 Å². The zero-order valence-corrected chi connectivity index (χ0v) is 13.8. The summed E-state index contributed by atoms with van der Waals surface area (Å²) in [6.45, 7) is 6.12. The summed E-state index contributed by atoms with van der Waals surface area (Å²) in [6, 6.07) is 12.7. The molecule has 2 rings (SSSR count). The summed E-state index contributed by atoms with van der Waals surface area (Å²) in [4.78, 5) is 24.4. The van der Waals surface area contributed by atoms with Crippen LogP contribution in [0.4, 0.5) is 5.69 Å². The minimum Gasteiger partial charge on any atom is -0.457 e.